The molecule has 0 heterocycles. The molecule has 2 aromatic carbocycles. The number of rotatable bonds is 6. The molecule has 110 valence electrons. The lowest BCUT2D eigenvalue weighted by molar-refractivity contribution is -0.129. The summed E-state index contributed by atoms with van der Waals surface area (Å²) in [6.45, 7) is 0.481. The fourth-order valence-electron chi connectivity index (χ4n) is 2.01. The highest BCUT2D eigenvalue weighted by Gasteiger charge is 2.15. The smallest absolute Gasteiger partial charge is 0.253 e. The molecule has 4 heteroatoms. The molecule has 1 unspecified atom stereocenters. The standard InChI is InChI=1S/C17H19NO3/c1-21-15-9-7-13(8-10-15)11-12-18-17(20)16(19)14-5-3-2-4-6-14/h2-10,16,19H,11-12H2,1H3,(H,18,20). The van der Waals surface area contributed by atoms with Gasteiger partial charge < -0.3 is 15.2 Å². The molecule has 1 amide bonds. The molecule has 0 aliphatic carbocycles. The van der Waals surface area contributed by atoms with Gasteiger partial charge in [0.05, 0.1) is 7.11 Å². The normalized spacial score (nSPS) is 11.7. The first-order valence-electron chi connectivity index (χ1n) is 6.84. The summed E-state index contributed by atoms with van der Waals surface area (Å²) in [6.07, 6.45) is -0.417. The SMILES string of the molecule is COc1ccc(CCNC(=O)C(O)c2ccccc2)cc1. The molecule has 0 aliphatic rings. The lowest BCUT2D eigenvalue weighted by atomic mass is 10.1. The van der Waals surface area contributed by atoms with Crippen molar-refractivity contribution in [1.29, 1.82) is 0 Å². The monoisotopic (exact) mass is 285 g/mol. The van der Waals surface area contributed by atoms with E-state index in [1.165, 1.54) is 0 Å². The van der Waals surface area contributed by atoms with E-state index in [9.17, 15) is 9.90 Å². The zero-order valence-corrected chi connectivity index (χ0v) is 12.0. The molecule has 0 aromatic heterocycles. The molecule has 0 fully saturated rings. The molecule has 0 saturated carbocycles. The number of nitrogens with one attached hydrogen (secondary N) is 1. The van der Waals surface area contributed by atoms with Crippen LogP contribution >= 0.6 is 0 Å². The third kappa shape index (κ3) is 4.33. The van der Waals surface area contributed by atoms with Gasteiger partial charge >= 0.3 is 0 Å². The number of hydrogen-bond acceptors (Lipinski definition) is 3. The van der Waals surface area contributed by atoms with E-state index in [-0.39, 0.29) is 5.91 Å². The van der Waals surface area contributed by atoms with Crippen LogP contribution in [0.1, 0.15) is 17.2 Å². The van der Waals surface area contributed by atoms with Gasteiger partial charge in [-0.3, -0.25) is 4.79 Å². The van der Waals surface area contributed by atoms with Gasteiger partial charge in [0.25, 0.3) is 5.91 Å². The van der Waals surface area contributed by atoms with E-state index in [2.05, 4.69) is 5.32 Å². The molecule has 0 aliphatic heterocycles. The fourth-order valence-corrected chi connectivity index (χ4v) is 2.01. The Kier molecular flexibility index (Phi) is 5.35. The van der Waals surface area contributed by atoms with Crippen molar-refractivity contribution in [2.75, 3.05) is 13.7 Å². The largest absolute Gasteiger partial charge is 0.497 e. The third-order valence-corrected chi connectivity index (χ3v) is 3.24. The Morgan fingerprint density at radius 2 is 1.81 bits per heavy atom. The van der Waals surface area contributed by atoms with Crippen molar-refractivity contribution >= 4 is 5.91 Å². The van der Waals surface area contributed by atoms with Gasteiger partial charge in [0.15, 0.2) is 6.10 Å². The van der Waals surface area contributed by atoms with E-state index in [1.54, 1.807) is 31.4 Å². The van der Waals surface area contributed by atoms with Crippen molar-refractivity contribution < 1.29 is 14.6 Å². The quantitative estimate of drug-likeness (QED) is 0.854. The van der Waals surface area contributed by atoms with Crippen LogP contribution in [0.2, 0.25) is 0 Å². The van der Waals surface area contributed by atoms with Crippen molar-refractivity contribution in [2.45, 2.75) is 12.5 Å². The predicted octanol–water partition coefficient (Wildman–Crippen LogP) is 2.09. The second-order valence-electron chi connectivity index (χ2n) is 4.70. The van der Waals surface area contributed by atoms with Gasteiger partial charge in [0.1, 0.15) is 5.75 Å². The van der Waals surface area contributed by atoms with Gasteiger partial charge in [-0.25, -0.2) is 0 Å². The van der Waals surface area contributed by atoms with Gasteiger partial charge in [-0.05, 0) is 29.7 Å². The summed E-state index contributed by atoms with van der Waals surface area (Å²) >= 11 is 0. The minimum atomic E-state index is -1.12. The Hall–Kier alpha value is -2.33. The van der Waals surface area contributed by atoms with Gasteiger partial charge in [0, 0.05) is 6.54 Å². The summed E-state index contributed by atoms with van der Waals surface area (Å²) in [5.41, 5.74) is 1.70. The van der Waals surface area contributed by atoms with Crippen molar-refractivity contribution in [1.82, 2.24) is 5.32 Å². The molecule has 1 atom stereocenters. The highest BCUT2D eigenvalue weighted by Crippen LogP contribution is 2.13. The first kappa shape index (κ1) is 15.1. The maximum atomic E-state index is 11.9. The van der Waals surface area contributed by atoms with E-state index in [4.69, 9.17) is 4.74 Å². The summed E-state index contributed by atoms with van der Waals surface area (Å²) < 4.78 is 5.09. The van der Waals surface area contributed by atoms with Gasteiger partial charge in [-0.1, -0.05) is 42.5 Å². The van der Waals surface area contributed by atoms with Crippen LogP contribution in [0.4, 0.5) is 0 Å². The van der Waals surface area contributed by atoms with Gasteiger partial charge in [0.2, 0.25) is 0 Å². The lowest BCUT2D eigenvalue weighted by Crippen LogP contribution is -2.30. The van der Waals surface area contributed by atoms with E-state index in [0.717, 1.165) is 11.3 Å². The topological polar surface area (TPSA) is 58.6 Å². The van der Waals surface area contributed by atoms with Gasteiger partial charge in [-0.15, -0.1) is 0 Å². The number of aliphatic hydroxyl groups is 1. The molecule has 0 spiro atoms. The number of methoxy groups -OCH3 is 1. The Balaban J connectivity index is 1.81. The molecule has 4 nitrogen and oxygen atoms in total. The summed E-state index contributed by atoms with van der Waals surface area (Å²) in [6, 6.07) is 16.6. The van der Waals surface area contributed by atoms with Crippen molar-refractivity contribution in [2.24, 2.45) is 0 Å². The summed E-state index contributed by atoms with van der Waals surface area (Å²) in [5, 5.41) is 12.7. The summed E-state index contributed by atoms with van der Waals surface area (Å²) in [4.78, 5) is 11.9. The number of benzene rings is 2. The number of amides is 1. The van der Waals surface area contributed by atoms with Crippen LogP contribution in [0, 0.1) is 0 Å². The van der Waals surface area contributed by atoms with Crippen molar-refractivity contribution in [3.05, 3.63) is 65.7 Å². The number of carbonyl (C=O) groups is 1. The summed E-state index contributed by atoms with van der Waals surface area (Å²) in [7, 11) is 1.63. The maximum absolute atomic E-state index is 11.9. The molecular weight excluding hydrogens is 266 g/mol. The van der Waals surface area contributed by atoms with Crippen LogP contribution in [0.3, 0.4) is 0 Å². The second-order valence-corrected chi connectivity index (χ2v) is 4.70. The minimum absolute atomic E-state index is 0.380. The molecule has 2 rings (SSSR count). The van der Waals surface area contributed by atoms with E-state index in [0.29, 0.717) is 18.5 Å². The summed E-state index contributed by atoms with van der Waals surface area (Å²) in [5.74, 6) is 0.428. The van der Waals surface area contributed by atoms with Crippen LogP contribution in [0.25, 0.3) is 0 Å². The van der Waals surface area contributed by atoms with Crippen LogP contribution in [-0.4, -0.2) is 24.7 Å². The minimum Gasteiger partial charge on any atom is -0.497 e. The molecule has 0 radical (unpaired) electrons. The van der Waals surface area contributed by atoms with Crippen molar-refractivity contribution in [3.63, 3.8) is 0 Å². The van der Waals surface area contributed by atoms with Crippen LogP contribution in [-0.2, 0) is 11.2 Å². The number of hydrogen-bond donors (Lipinski definition) is 2. The number of carbonyl (C=O) groups excluding carboxylic acids is 1. The zero-order chi connectivity index (χ0) is 15.1. The van der Waals surface area contributed by atoms with Crippen molar-refractivity contribution in [3.8, 4) is 5.75 Å². The number of ether oxygens (including phenoxy) is 1. The Bertz CT molecular complexity index is 566. The zero-order valence-electron chi connectivity index (χ0n) is 12.0. The van der Waals surface area contributed by atoms with Crippen LogP contribution < -0.4 is 10.1 Å². The molecule has 21 heavy (non-hydrogen) atoms. The Morgan fingerprint density at radius 1 is 1.14 bits per heavy atom. The second kappa shape index (κ2) is 7.45. The Morgan fingerprint density at radius 3 is 2.43 bits per heavy atom. The van der Waals surface area contributed by atoms with E-state index in [1.807, 2.05) is 30.3 Å². The lowest BCUT2D eigenvalue weighted by Gasteiger charge is -2.11. The predicted molar refractivity (Wildman–Crippen MR) is 81.1 cm³/mol. The first-order chi connectivity index (χ1) is 10.2. The number of aliphatic hydroxyl groups excluding tert-OH is 1. The maximum Gasteiger partial charge on any atom is 0.253 e. The highest BCUT2D eigenvalue weighted by atomic mass is 16.5. The molecular formula is C17H19NO3. The van der Waals surface area contributed by atoms with Gasteiger partial charge in [-0.2, -0.15) is 0 Å². The molecule has 2 N–H and O–H groups in total. The fraction of sp³-hybridized carbons (Fsp3) is 0.235. The Labute approximate surface area is 124 Å². The van der Waals surface area contributed by atoms with Crippen LogP contribution in [0.15, 0.2) is 54.6 Å². The van der Waals surface area contributed by atoms with E-state index < -0.39 is 6.10 Å². The molecule has 0 saturated heterocycles. The molecule has 0 bridgehead atoms. The first-order valence-corrected chi connectivity index (χ1v) is 6.84. The average molecular weight is 285 g/mol. The average Bonchev–Trinajstić information content (AvgIpc) is 2.55. The molecule has 2 aromatic rings. The third-order valence-electron chi connectivity index (χ3n) is 3.24. The van der Waals surface area contributed by atoms with E-state index >= 15 is 0 Å². The highest BCUT2D eigenvalue weighted by molar-refractivity contribution is 5.81. The van der Waals surface area contributed by atoms with Crippen LogP contribution in [0.5, 0.6) is 5.75 Å².